The topological polar surface area (TPSA) is 86.5 Å². The molecule has 1 amide bonds. The lowest BCUT2D eigenvalue weighted by Crippen LogP contribution is -2.37. The number of amides is 1. The molecule has 1 aliphatic heterocycles. The number of nitrogens with one attached hydrogen (secondary N) is 1. The van der Waals surface area contributed by atoms with Gasteiger partial charge in [0.15, 0.2) is 0 Å². The van der Waals surface area contributed by atoms with E-state index in [1.165, 1.54) is 0 Å². The number of aromatic nitrogens is 1. The molecule has 2 heterocycles. The summed E-state index contributed by atoms with van der Waals surface area (Å²) in [7, 11) is 0. The van der Waals surface area contributed by atoms with Gasteiger partial charge in [-0.15, -0.1) is 0 Å². The smallest absolute Gasteiger partial charge is 0.249 e. The van der Waals surface area contributed by atoms with E-state index in [-0.39, 0.29) is 18.1 Å². The van der Waals surface area contributed by atoms with Crippen LogP contribution in [0.25, 0.3) is 0 Å². The molecule has 3 rings (SSSR count). The minimum absolute atomic E-state index is 0.00983. The lowest BCUT2D eigenvalue weighted by molar-refractivity contribution is -0.132. The van der Waals surface area contributed by atoms with Crippen LogP contribution < -0.4 is 15.8 Å². The van der Waals surface area contributed by atoms with E-state index in [1.807, 2.05) is 49.4 Å². The van der Waals surface area contributed by atoms with Crippen molar-refractivity contribution >= 4 is 5.91 Å². The molecule has 3 atom stereocenters. The molecule has 138 valence electrons. The number of carbonyl (C=O) groups excluding carboxylic acids is 1. The number of benzene rings is 1. The first-order valence-electron chi connectivity index (χ1n) is 8.94. The summed E-state index contributed by atoms with van der Waals surface area (Å²) in [4.78, 5) is 16.6. The molecule has 6 nitrogen and oxygen atoms in total. The first-order chi connectivity index (χ1) is 12.7. The van der Waals surface area contributed by atoms with Gasteiger partial charge in [-0.3, -0.25) is 9.78 Å². The first kappa shape index (κ1) is 18.4. The Hall–Kier alpha value is -2.44. The summed E-state index contributed by atoms with van der Waals surface area (Å²) in [6, 6.07) is 13.3. The summed E-state index contributed by atoms with van der Waals surface area (Å²) in [5, 5.41) is 3.01. The second kappa shape index (κ2) is 8.78. The number of rotatable bonds is 7. The molecule has 0 bridgehead atoms. The average molecular weight is 355 g/mol. The predicted molar refractivity (Wildman–Crippen MR) is 98.5 cm³/mol. The predicted octanol–water partition coefficient (Wildman–Crippen LogP) is 2.34. The molecule has 2 aromatic rings. The Bertz CT molecular complexity index is 723. The van der Waals surface area contributed by atoms with Crippen LogP contribution in [0.3, 0.4) is 0 Å². The van der Waals surface area contributed by atoms with Gasteiger partial charge in [0.05, 0.1) is 17.8 Å². The van der Waals surface area contributed by atoms with Crippen LogP contribution in [-0.2, 0) is 16.1 Å². The van der Waals surface area contributed by atoms with Gasteiger partial charge in [0, 0.05) is 12.7 Å². The standard InChI is InChI=1S/C20H25N3O3/c1-14(23-20(24)19-9-8-18(12-21)26-19)15-5-4-7-17(11-15)25-13-16-6-2-3-10-22-16/h2-7,10-11,14,18-19H,8-9,12-13,21H2,1H3,(H,23,24)/t14?,18-,19+/m1/s1. The monoisotopic (exact) mass is 355 g/mol. The van der Waals surface area contributed by atoms with Crippen LogP contribution >= 0.6 is 0 Å². The van der Waals surface area contributed by atoms with Gasteiger partial charge in [-0.2, -0.15) is 0 Å². The van der Waals surface area contributed by atoms with Crippen LogP contribution in [0.2, 0.25) is 0 Å². The van der Waals surface area contributed by atoms with Crippen LogP contribution in [0.4, 0.5) is 0 Å². The molecular weight excluding hydrogens is 330 g/mol. The Morgan fingerprint density at radius 1 is 1.35 bits per heavy atom. The molecule has 0 aliphatic carbocycles. The van der Waals surface area contributed by atoms with E-state index in [2.05, 4.69) is 10.3 Å². The number of ether oxygens (including phenoxy) is 2. The summed E-state index contributed by atoms with van der Waals surface area (Å²) >= 11 is 0. The van der Waals surface area contributed by atoms with Gasteiger partial charge >= 0.3 is 0 Å². The highest BCUT2D eigenvalue weighted by Crippen LogP contribution is 2.22. The van der Waals surface area contributed by atoms with Gasteiger partial charge in [0.1, 0.15) is 18.5 Å². The molecule has 1 aromatic carbocycles. The Kier molecular flexibility index (Phi) is 6.20. The maximum atomic E-state index is 12.4. The Morgan fingerprint density at radius 3 is 2.96 bits per heavy atom. The van der Waals surface area contributed by atoms with Crippen LogP contribution in [0.5, 0.6) is 5.75 Å². The highest BCUT2D eigenvalue weighted by Gasteiger charge is 2.30. The van der Waals surface area contributed by atoms with Crippen molar-refractivity contribution in [1.82, 2.24) is 10.3 Å². The number of hydrogen-bond acceptors (Lipinski definition) is 5. The molecule has 1 unspecified atom stereocenters. The van der Waals surface area contributed by atoms with Crippen LogP contribution in [-0.4, -0.2) is 29.6 Å². The molecule has 1 fully saturated rings. The largest absolute Gasteiger partial charge is 0.487 e. The third-order valence-corrected chi connectivity index (χ3v) is 4.49. The van der Waals surface area contributed by atoms with Gasteiger partial charge in [0.2, 0.25) is 5.91 Å². The number of carbonyl (C=O) groups is 1. The first-order valence-corrected chi connectivity index (χ1v) is 8.94. The summed E-state index contributed by atoms with van der Waals surface area (Å²) in [6.07, 6.45) is 2.87. The highest BCUT2D eigenvalue weighted by molar-refractivity contribution is 5.81. The van der Waals surface area contributed by atoms with Crippen LogP contribution in [0.1, 0.15) is 37.1 Å². The zero-order chi connectivity index (χ0) is 18.4. The molecule has 0 spiro atoms. The normalized spacial score (nSPS) is 20.5. The van der Waals surface area contributed by atoms with Gasteiger partial charge in [-0.25, -0.2) is 0 Å². The molecule has 3 N–H and O–H groups in total. The average Bonchev–Trinajstić information content (AvgIpc) is 3.17. The zero-order valence-corrected chi connectivity index (χ0v) is 14.9. The van der Waals surface area contributed by atoms with Gasteiger partial charge < -0.3 is 20.5 Å². The quantitative estimate of drug-likeness (QED) is 0.796. The van der Waals surface area contributed by atoms with Crippen LogP contribution in [0, 0.1) is 0 Å². The van der Waals surface area contributed by atoms with Crippen molar-refractivity contribution in [3.8, 4) is 5.75 Å². The fourth-order valence-corrected chi connectivity index (χ4v) is 2.98. The Labute approximate surface area is 153 Å². The van der Waals surface area contributed by atoms with E-state index in [0.717, 1.165) is 23.4 Å². The molecule has 6 heteroatoms. The van der Waals surface area contributed by atoms with Crippen LogP contribution in [0.15, 0.2) is 48.7 Å². The fourth-order valence-electron chi connectivity index (χ4n) is 2.98. The number of hydrogen-bond donors (Lipinski definition) is 2. The van der Waals surface area contributed by atoms with Crippen molar-refractivity contribution in [2.75, 3.05) is 6.54 Å². The second-order valence-electron chi connectivity index (χ2n) is 6.47. The number of nitrogens with two attached hydrogens (primary N) is 1. The molecule has 26 heavy (non-hydrogen) atoms. The fraction of sp³-hybridized carbons (Fsp3) is 0.400. The molecule has 0 saturated carbocycles. The molecule has 1 saturated heterocycles. The van der Waals surface area contributed by atoms with Gasteiger partial charge in [-0.1, -0.05) is 18.2 Å². The maximum absolute atomic E-state index is 12.4. The Morgan fingerprint density at radius 2 is 2.23 bits per heavy atom. The van der Waals surface area contributed by atoms with E-state index in [0.29, 0.717) is 19.6 Å². The summed E-state index contributed by atoms with van der Waals surface area (Å²) in [5.41, 5.74) is 7.45. The Balaban J connectivity index is 1.56. The third-order valence-electron chi connectivity index (χ3n) is 4.49. The van der Waals surface area contributed by atoms with E-state index in [1.54, 1.807) is 6.20 Å². The van der Waals surface area contributed by atoms with E-state index in [9.17, 15) is 4.79 Å². The lowest BCUT2D eigenvalue weighted by Gasteiger charge is -2.18. The minimum atomic E-state index is -0.408. The van der Waals surface area contributed by atoms with E-state index in [4.69, 9.17) is 15.2 Å². The summed E-state index contributed by atoms with van der Waals surface area (Å²) in [6.45, 7) is 2.81. The lowest BCUT2D eigenvalue weighted by atomic mass is 10.1. The van der Waals surface area contributed by atoms with E-state index >= 15 is 0 Å². The summed E-state index contributed by atoms with van der Waals surface area (Å²) in [5.74, 6) is 0.655. The van der Waals surface area contributed by atoms with Crippen molar-refractivity contribution in [2.45, 2.75) is 44.6 Å². The molecule has 1 aromatic heterocycles. The zero-order valence-electron chi connectivity index (χ0n) is 14.9. The van der Waals surface area contributed by atoms with Gasteiger partial charge in [0.25, 0.3) is 0 Å². The molecule has 0 radical (unpaired) electrons. The SMILES string of the molecule is CC(NC(=O)[C@@H]1CC[C@H](CN)O1)c1cccc(OCc2ccccn2)c1. The molecular formula is C20H25N3O3. The van der Waals surface area contributed by atoms with Crippen molar-refractivity contribution in [3.63, 3.8) is 0 Å². The number of pyridine rings is 1. The summed E-state index contributed by atoms with van der Waals surface area (Å²) < 4.78 is 11.5. The van der Waals surface area contributed by atoms with Gasteiger partial charge in [-0.05, 0) is 49.6 Å². The van der Waals surface area contributed by atoms with Crippen molar-refractivity contribution < 1.29 is 14.3 Å². The maximum Gasteiger partial charge on any atom is 0.249 e. The molecule has 1 aliphatic rings. The minimum Gasteiger partial charge on any atom is -0.487 e. The van der Waals surface area contributed by atoms with Crippen molar-refractivity contribution in [2.24, 2.45) is 5.73 Å². The van der Waals surface area contributed by atoms with Crippen molar-refractivity contribution in [1.29, 1.82) is 0 Å². The number of nitrogens with zero attached hydrogens (tertiary/aromatic N) is 1. The second-order valence-corrected chi connectivity index (χ2v) is 6.47. The highest BCUT2D eigenvalue weighted by atomic mass is 16.5. The van der Waals surface area contributed by atoms with Crippen molar-refractivity contribution in [3.05, 3.63) is 59.9 Å². The third kappa shape index (κ3) is 4.80. The van der Waals surface area contributed by atoms with E-state index < -0.39 is 6.10 Å².